The van der Waals surface area contributed by atoms with E-state index in [1.54, 1.807) is 6.20 Å². The normalized spacial score (nSPS) is 10.5. The summed E-state index contributed by atoms with van der Waals surface area (Å²) in [6.45, 7) is 6.90. The van der Waals surface area contributed by atoms with Crippen LogP contribution in [0.4, 0.5) is 11.8 Å². The van der Waals surface area contributed by atoms with Crippen LogP contribution in [0.1, 0.15) is 25.0 Å². The highest BCUT2D eigenvalue weighted by molar-refractivity contribution is 5.39. The Balaban J connectivity index is 2.02. The van der Waals surface area contributed by atoms with Crippen molar-refractivity contribution < 1.29 is 0 Å². The first kappa shape index (κ1) is 13.3. The molecule has 2 aromatic rings. The van der Waals surface area contributed by atoms with E-state index in [9.17, 15) is 0 Å². The third kappa shape index (κ3) is 3.91. The van der Waals surface area contributed by atoms with Gasteiger partial charge in [-0.3, -0.25) is 0 Å². The molecule has 1 aromatic heterocycles. The summed E-state index contributed by atoms with van der Waals surface area (Å²) in [6, 6.07) is 8.56. The largest absolute Gasteiger partial charge is 0.365 e. The van der Waals surface area contributed by atoms with E-state index in [-0.39, 0.29) is 6.04 Å². The summed E-state index contributed by atoms with van der Waals surface area (Å²) in [6.07, 6.45) is 1.63. The lowest BCUT2D eigenvalue weighted by molar-refractivity contribution is 0.850. The second-order valence-electron chi connectivity index (χ2n) is 4.74. The minimum absolute atomic E-state index is 0.286. The topological polar surface area (TPSA) is 62.7 Å². The summed E-state index contributed by atoms with van der Waals surface area (Å²) >= 11 is 0. The molecule has 0 amide bonds. The molecule has 0 saturated carbocycles. The summed E-state index contributed by atoms with van der Waals surface area (Å²) in [7, 11) is 0. The molecule has 0 bridgehead atoms. The third-order valence-electron chi connectivity index (χ3n) is 2.70. The quantitative estimate of drug-likeness (QED) is 0.862. The Hall–Kier alpha value is -2.17. The molecule has 5 nitrogen and oxygen atoms in total. The Bertz CT molecular complexity index is 539. The van der Waals surface area contributed by atoms with E-state index in [0.717, 1.165) is 12.4 Å². The second kappa shape index (κ2) is 6.13. The van der Waals surface area contributed by atoms with Gasteiger partial charge in [-0.15, -0.1) is 5.10 Å². The van der Waals surface area contributed by atoms with Crippen molar-refractivity contribution in [3.05, 3.63) is 41.6 Å². The van der Waals surface area contributed by atoms with E-state index >= 15 is 0 Å². The molecule has 100 valence electrons. The highest BCUT2D eigenvalue weighted by Crippen LogP contribution is 2.10. The van der Waals surface area contributed by atoms with Crippen molar-refractivity contribution in [1.82, 2.24) is 15.2 Å². The molecule has 0 aliphatic carbocycles. The molecule has 0 fully saturated rings. The Morgan fingerprint density at radius 1 is 1.21 bits per heavy atom. The zero-order chi connectivity index (χ0) is 13.7. The van der Waals surface area contributed by atoms with Gasteiger partial charge in [-0.2, -0.15) is 10.1 Å². The lowest BCUT2D eigenvalue weighted by Crippen LogP contribution is -2.14. The summed E-state index contributed by atoms with van der Waals surface area (Å²) in [5.74, 6) is 1.27. The molecule has 0 atom stereocenters. The van der Waals surface area contributed by atoms with Crippen molar-refractivity contribution in [2.24, 2.45) is 0 Å². The van der Waals surface area contributed by atoms with Gasteiger partial charge in [0.15, 0.2) is 5.82 Å². The fourth-order valence-electron chi connectivity index (χ4n) is 1.70. The maximum atomic E-state index is 4.36. The van der Waals surface area contributed by atoms with E-state index in [0.29, 0.717) is 5.95 Å². The van der Waals surface area contributed by atoms with Crippen LogP contribution in [0.25, 0.3) is 0 Å². The van der Waals surface area contributed by atoms with Gasteiger partial charge in [-0.1, -0.05) is 24.3 Å². The highest BCUT2D eigenvalue weighted by atomic mass is 15.3. The lowest BCUT2D eigenvalue weighted by Gasteiger charge is -2.10. The van der Waals surface area contributed by atoms with Gasteiger partial charge in [0.25, 0.3) is 0 Å². The van der Waals surface area contributed by atoms with E-state index in [1.165, 1.54) is 11.1 Å². The molecule has 19 heavy (non-hydrogen) atoms. The molecule has 0 spiro atoms. The second-order valence-corrected chi connectivity index (χ2v) is 4.74. The zero-order valence-electron chi connectivity index (χ0n) is 11.5. The van der Waals surface area contributed by atoms with Crippen molar-refractivity contribution in [3.63, 3.8) is 0 Å². The number of nitrogens with one attached hydrogen (secondary N) is 2. The molecule has 5 heteroatoms. The zero-order valence-corrected chi connectivity index (χ0v) is 11.5. The van der Waals surface area contributed by atoms with Crippen LogP contribution in [0, 0.1) is 6.92 Å². The number of rotatable bonds is 5. The number of anilines is 2. The van der Waals surface area contributed by atoms with Gasteiger partial charge >= 0.3 is 0 Å². The first-order valence-electron chi connectivity index (χ1n) is 6.40. The minimum atomic E-state index is 0.286. The van der Waals surface area contributed by atoms with Crippen molar-refractivity contribution in [2.45, 2.75) is 33.4 Å². The fraction of sp³-hybridized carbons (Fsp3) is 0.357. The van der Waals surface area contributed by atoms with Crippen molar-refractivity contribution in [3.8, 4) is 0 Å². The molecular weight excluding hydrogens is 238 g/mol. The van der Waals surface area contributed by atoms with Gasteiger partial charge in [0.2, 0.25) is 5.95 Å². The van der Waals surface area contributed by atoms with Crippen LogP contribution in [0.3, 0.4) is 0 Å². The molecule has 0 unspecified atom stereocenters. The summed E-state index contributed by atoms with van der Waals surface area (Å²) in [5.41, 5.74) is 2.51. The Kier molecular flexibility index (Phi) is 4.28. The maximum Gasteiger partial charge on any atom is 0.244 e. The van der Waals surface area contributed by atoms with Crippen LogP contribution in [-0.4, -0.2) is 21.2 Å². The Morgan fingerprint density at radius 3 is 2.74 bits per heavy atom. The number of hydrogen-bond donors (Lipinski definition) is 2. The standard InChI is InChI=1S/C14H19N5/c1-10(2)17-14-18-13(9-16-19-14)15-8-12-7-5-4-6-11(12)3/h4-7,9-10H,8H2,1-3H3,(H2,15,17,18,19). The predicted octanol–water partition coefficient (Wildman–Crippen LogP) is 2.61. The molecule has 0 aliphatic rings. The first-order valence-corrected chi connectivity index (χ1v) is 6.40. The number of aromatic nitrogens is 3. The van der Waals surface area contributed by atoms with Crippen molar-refractivity contribution in [2.75, 3.05) is 10.6 Å². The maximum absolute atomic E-state index is 4.36. The van der Waals surface area contributed by atoms with E-state index in [1.807, 2.05) is 26.0 Å². The van der Waals surface area contributed by atoms with E-state index in [4.69, 9.17) is 0 Å². The smallest absolute Gasteiger partial charge is 0.244 e. The number of benzene rings is 1. The summed E-state index contributed by atoms with van der Waals surface area (Å²) in [4.78, 5) is 4.36. The number of aryl methyl sites for hydroxylation is 1. The van der Waals surface area contributed by atoms with Gasteiger partial charge in [0, 0.05) is 12.6 Å². The summed E-state index contributed by atoms with van der Waals surface area (Å²) < 4.78 is 0. The average Bonchev–Trinajstić information content (AvgIpc) is 2.37. The number of nitrogens with zero attached hydrogens (tertiary/aromatic N) is 3. The Morgan fingerprint density at radius 2 is 2.00 bits per heavy atom. The monoisotopic (exact) mass is 257 g/mol. The van der Waals surface area contributed by atoms with Crippen LogP contribution in [0.15, 0.2) is 30.5 Å². The SMILES string of the molecule is Cc1ccccc1CNc1cnnc(NC(C)C)n1. The van der Waals surface area contributed by atoms with Crippen molar-refractivity contribution in [1.29, 1.82) is 0 Å². The number of hydrogen-bond acceptors (Lipinski definition) is 5. The van der Waals surface area contributed by atoms with Crippen LogP contribution in [-0.2, 0) is 6.54 Å². The van der Waals surface area contributed by atoms with Crippen LogP contribution in [0.2, 0.25) is 0 Å². The van der Waals surface area contributed by atoms with E-state index < -0.39 is 0 Å². The molecule has 1 heterocycles. The first-order chi connectivity index (χ1) is 9.15. The predicted molar refractivity (Wildman–Crippen MR) is 77.1 cm³/mol. The molecule has 2 rings (SSSR count). The third-order valence-corrected chi connectivity index (χ3v) is 2.70. The fourth-order valence-corrected chi connectivity index (χ4v) is 1.70. The Labute approximate surface area is 113 Å². The van der Waals surface area contributed by atoms with Gasteiger partial charge in [-0.05, 0) is 31.9 Å². The van der Waals surface area contributed by atoms with Gasteiger partial charge in [-0.25, -0.2) is 0 Å². The highest BCUT2D eigenvalue weighted by Gasteiger charge is 2.02. The van der Waals surface area contributed by atoms with Gasteiger partial charge in [0.1, 0.15) is 0 Å². The molecule has 1 aromatic carbocycles. The van der Waals surface area contributed by atoms with Gasteiger partial charge in [0.05, 0.1) is 6.20 Å². The minimum Gasteiger partial charge on any atom is -0.365 e. The molecule has 2 N–H and O–H groups in total. The van der Waals surface area contributed by atoms with Crippen molar-refractivity contribution >= 4 is 11.8 Å². The lowest BCUT2D eigenvalue weighted by atomic mass is 10.1. The average molecular weight is 257 g/mol. The van der Waals surface area contributed by atoms with E-state index in [2.05, 4.69) is 44.9 Å². The molecule has 0 radical (unpaired) electrons. The van der Waals surface area contributed by atoms with Crippen LogP contribution in [0.5, 0.6) is 0 Å². The van der Waals surface area contributed by atoms with Crippen LogP contribution < -0.4 is 10.6 Å². The molecular formula is C14H19N5. The summed E-state index contributed by atoms with van der Waals surface area (Å²) in [5, 5.41) is 14.3. The van der Waals surface area contributed by atoms with Gasteiger partial charge < -0.3 is 10.6 Å². The molecule has 0 aliphatic heterocycles. The van der Waals surface area contributed by atoms with Crippen LogP contribution >= 0.6 is 0 Å². The molecule has 0 saturated heterocycles.